The highest BCUT2D eigenvalue weighted by Crippen LogP contribution is 2.31. The van der Waals surface area contributed by atoms with Crippen LogP contribution < -0.4 is 5.32 Å². The lowest BCUT2D eigenvalue weighted by Crippen LogP contribution is -2.42. The second-order valence-corrected chi connectivity index (χ2v) is 6.12. The van der Waals surface area contributed by atoms with Crippen molar-refractivity contribution in [3.05, 3.63) is 0 Å². The van der Waals surface area contributed by atoms with Crippen molar-refractivity contribution in [3.8, 4) is 6.07 Å². The molecule has 0 spiro atoms. The molecule has 2 atom stereocenters. The first-order valence-electron chi connectivity index (χ1n) is 8.54. The molecule has 20 heavy (non-hydrogen) atoms. The van der Waals surface area contributed by atoms with Crippen LogP contribution in [0.25, 0.3) is 0 Å². The minimum absolute atomic E-state index is 0.287. The number of nitriles is 1. The minimum Gasteiger partial charge on any atom is -0.378 e. The largest absolute Gasteiger partial charge is 0.378 e. The van der Waals surface area contributed by atoms with Crippen LogP contribution in [-0.4, -0.2) is 24.8 Å². The zero-order chi connectivity index (χ0) is 14.7. The highest BCUT2D eigenvalue weighted by atomic mass is 16.5. The van der Waals surface area contributed by atoms with Crippen molar-refractivity contribution < 1.29 is 4.74 Å². The van der Waals surface area contributed by atoms with Gasteiger partial charge in [-0.15, -0.1) is 0 Å². The Morgan fingerprint density at radius 2 is 1.90 bits per heavy atom. The summed E-state index contributed by atoms with van der Waals surface area (Å²) in [7, 11) is 0. The molecule has 0 aromatic heterocycles. The summed E-state index contributed by atoms with van der Waals surface area (Å²) in [5.41, 5.74) is -0.318. The van der Waals surface area contributed by atoms with Gasteiger partial charge >= 0.3 is 0 Å². The molecule has 1 fully saturated rings. The monoisotopic (exact) mass is 280 g/mol. The van der Waals surface area contributed by atoms with E-state index in [-0.39, 0.29) is 11.6 Å². The van der Waals surface area contributed by atoms with Gasteiger partial charge in [0, 0.05) is 13.0 Å². The molecule has 2 unspecified atom stereocenters. The summed E-state index contributed by atoms with van der Waals surface area (Å²) < 4.78 is 5.96. The van der Waals surface area contributed by atoms with E-state index in [9.17, 15) is 5.26 Å². The van der Waals surface area contributed by atoms with Crippen molar-refractivity contribution in [1.29, 1.82) is 5.26 Å². The van der Waals surface area contributed by atoms with Crippen molar-refractivity contribution in [2.75, 3.05) is 13.2 Å². The topological polar surface area (TPSA) is 45.0 Å². The summed E-state index contributed by atoms with van der Waals surface area (Å²) >= 11 is 0. The van der Waals surface area contributed by atoms with Gasteiger partial charge < -0.3 is 4.74 Å². The van der Waals surface area contributed by atoms with E-state index in [2.05, 4.69) is 25.2 Å². The predicted molar refractivity (Wildman–Crippen MR) is 83.6 cm³/mol. The number of rotatable bonds is 11. The number of nitrogens with zero attached hydrogens (tertiary/aromatic N) is 1. The number of hydrogen-bond acceptors (Lipinski definition) is 3. The van der Waals surface area contributed by atoms with Gasteiger partial charge in [-0.25, -0.2) is 0 Å². The molecule has 0 amide bonds. The summed E-state index contributed by atoms with van der Waals surface area (Å²) in [5.74, 6) is 0. The number of ether oxygens (including phenoxy) is 1. The summed E-state index contributed by atoms with van der Waals surface area (Å²) in [6.07, 6.45) is 12.0. The van der Waals surface area contributed by atoms with E-state index >= 15 is 0 Å². The van der Waals surface area contributed by atoms with E-state index in [4.69, 9.17) is 4.74 Å². The molecule has 1 rings (SSSR count). The molecule has 0 radical (unpaired) electrons. The van der Waals surface area contributed by atoms with E-state index in [1.807, 2.05) is 0 Å². The van der Waals surface area contributed by atoms with Gasteiger partial charge in [0.15, 0.2) is 0 Å². The van der Waals surface area contributed by atoms with Crippen LogP contribution in [0.15, 0.2) is 0 Å². The highest BCUT2D eigenvalue weighted by molar-refractivity contribution is 5.12. The molecule has 3 heteroatoms. The SMILES string of the molecule is CCCCCCCCOC1CCC(C#N)(NCCC)C1. The molecule has 1 N–H and O–H groups in total. The van der Waals surface area contributed by atoms with Gasteiger partial charge in [0.2, 0.25) is 0 Å². The van der Waals surface area contributed by atoms with Crippen LogP contribution >= 0.6 is 0 Å². The Labute approximate surface area is 125 Å². The van der Waals surface area contributed by atoms with Gasteiger partial charge in [-0.1, -0.05) is 46.0 Å². The molecule has 0 aliphatic heterocycles. The van der Waals surface area contributed by atoms with E-state index in [1.165, 1.54) is 38.5 Å². The molecule has 0 heterocycles. The van der Waals surface area contributed by atoms with Gasteiger partial charge in [-0.3, -0.25) is 5.32 Å². The Bertz CT molecular complexity index is 287. The molecule has 0 aromatic rings. The van der Waals surface area contributed by atoms with Gasteiger partial charge in [0.05, 0.1) is 12.2 Å². The van der Waals surface area contributed by atoms with E-state index in [0.29, 0.717) is 0 Å². The van der Waals surface area contributed by atoms with Crippen LogP contribution in [0.3, 0.4) is 0 Å². The molecule has 0 bridgehead atoms. The lowest BCUT2D eigenvalue weighted by molar-refractivity contribution is 0.0520. The van der Waals surface area contributed by atoms with E-state index in [1.54, 1.807) is 0 Å². The second kappa shape index (κ2) is 10.2. The summed E-state index contributed by atoms with van der Waals surface area (Å²) in [6.45, 7) is 6.18. The Hall–Kier alpha value is -0.590. The van der Waals surface area contributed by atoms with Gasteiger partial charge in [-0.05, 0) is 32.2 Å². The molecule has 0 saturated heterocycles. The molecular weight excluding hydrogens is 248 g/mol. The van der Waals surface area contributed by atoms with Crippen molar-refractivity contribution in [2.45, 2.75) is 89.7 Å². The quantitative estimate of drug-likeness (QED) is 0.577. The summed E-state index contributed by atoms with van der Waals surface area (Å²) in [5, 5.41) is 12.8. The first-order valence-corrected chi connectivity index (χ1v) is 8.54. The van der Waals surface area contributed by atoms with E-state index in [0.717, 1.165) is 38.8 Å². The predicted octanol–water partition coefficient (Wildman–Crippen LogP) is 4.18. The van der Waals surface area contributed by atoms with Gasteiger partial charge in [-0.2, -0.15) is 5.26 Å². The Morgan fingerprint density at radius 3 is 2.60 bits per heavy atom. The average Bonchev–Trinajstić information content (AvgIpc) is 2.88. The second-order valence-electron chi connectivity index (χ2n) is 6.12. The fourth-order valence-electron chi connectivity index (χ4n) is 2.94. The molecule has 0 aromatic carbocycles. The number of hydrogen-bond donors (Lipinski definition) is 1. The zero-order valence-corrected chi connectivity index (χ0v) is 13.4. The Morgan fingerprint density at radius 1 is 1.15 bits per heavy atom. The molecule has 1 saturated carbocycles. The lowest BCUT2D eigenvalue weighted by atomic mass is 9.99. The van der Waals surface area contributed by atoms with Crippen LogP contribution in [0.5, 0.6) is 0 Å². The molecule has 1 aliphatic rings. The minimum atomic E-state index is -0.318. The van der Waals surface area contributed by atoms with Crippen LogP contribution in [-0.2, 0) is 4.74 Å². The smallest absolute Gasteiger partial charge is 0.109 e. The first-order chi connectivity index (χ1) is 9.76. The van der Waals surface area contributed by atoms with Gasteiger partial charge in [0.1, 0.15) is 5.54 Å². The number of nitrogens with one attached hydrogen (secondary N) is 1. The summed E-state index contributed by atoms with van der Waals surface area (Å²) in [4.78, 5) is 0. The van der Waals surface area contributed by atoms with E-state index < -0.39 is 0 Å². The Kier molecular flexibility index (Phi) is 8.89. The maximum atomic E-state index is 9.38. The fraction of sp³-hybridized carbons (Fsp3) is 0.941. The number of unbranched alkanes of at least 4 members (excludes halogenated alkanes) is 5. The first kappa shape index (κ1) is 17.5. The van der Waals surface area contributed by atoms with Crippen LogP contribution in [0.1, 0.15) is 78.1 Å². The maximum absolute atomic E-state index is 9.38. The zero-order valence-electron chi connectivity index (χ0n) is 13.4. The van der Waals surface area contributed by atoms with Crippen LogP contribution in [0.4, 0.5) is 0 Å². The standard InChI is InChI=1S/C17H32N2O/c1-3-5-6-7-8-9-13-20-16-10-11-17(14-16,15-18)19-12-4-2/h16,19H,3-14H2,1-2H3. The molecule has 116 valence electrons. The lowest BCUT2D eigenvalue weighted by Gasteiger charge is -2.22. The van der Waals surface area contributed by atoms with Crippen LogP contribution in [0, 0.1) is 11.3 Å². The fourth-order valence-corrected chi connectivity index (χ4v) is 2.94. The maximum Gasteiger partial charge on any atom is 0.109 e. The van der Waals surface area contributed by atoms with Crippen LogP contribution in [0.2, 0.25) is 0 Å². The van der Waals surface area contributed by atoms with Crippen molar-refractivity contribution in [3.63, 3.8) is 0 Å². The van der Waals surface area contributed by atoms with Gasteiger partial charge in [0.25, 0.3) is 0 Å². The average molecular weight is 280 g/mol. The normalized spacial score (nSPS) is 25.8. The summed E-state index contributed by atoms with van der Waals surface area (Å²) in [6, 6.07) is 2.48. The third-order valence-electron chi connectivity index (χ3n) is 4.25. The third kappa shape index (κ3) is 6.24. The Balaban J connectivity index is 2.10. The van der Waals surface area contributed by atoms with Crippen molar-refractivity contribution in [2.24, 2.45) is 0 Å². The molecule has 1 aliphatic carbocycles. The molecular formula is C17H32N2O. The van der Waals surface area contributed by atoms with Crippen molar-refractivity contribution >= 4 is 0 Å². The van der Waals surface area contributed by atoms with Crippen molar-refractivity contribution in [1.82, 2.24) is 5.32 Å². The third-order valence-corrected chi connectivity index (χ3v) is 4.25. The highest BCUT2D eigenvalue weighted by Gasteiger charge is 2.39. The molecule has 3 nitrogen and oxygen atoms in total.